The normalized spacial score (nSPS) is 21.3. The molecule has 0 saturated carbocycles. The van der Waals surface area contributed by atoms with Crippen LogP contribution in [0.25, 0.3) is 0 Å². The fourth-order valence-electron chi connectivity index (χ4n) is 7.69. The molecule has 7 heteroatoms. The molecule has 1 aliphatic carbocycles. The first-order chi connectivity index (χ1) is 24.1. The molecule has 0 radical (unpaired) electrons. The molecular weight excluding hydrogens is 643 g/mol. The Morgan fingerprint density at radius 1 is 0.880 bits per heavy atom. The number of hydrogen-bond donors (Lipinski definition) is 0. The Hall–Kier alpha value is -2.90. The van der Waals surface area contributed by atoms with Crippen molar-refractivity contribution in [2.75, 3.05) is 13.2 Å². The molecule has 2 amide bonds. The fourth-order valence-corrected chi connectivity index (χ4v) is 9.24. The van der Waals surface area contributed by atoms with Gasteiger partial charge < -0.3 is 9.47 Å². The van der Waals surface area contributed by atoms with Crippen LogP contribution in [0.1, 0.15) is 141 Å². The van der Waals surface area contributed by atoms with E-state index in [9.17, 15) is 14.4 Å². The van der Waals surface area contributed by atoms with Gasteiger partial charge in [-0.3, -0.25) is 19.3 Å². The van der Waals surface area contributed by atoms with Gasteiger partial charge in [-0.15, -0.1) is 0 Å². The number of rotatable bonds is 20. The highest BCUT2D eigenvalue weighted by atomic mass is 32.2. The predicted molar refractivity (Wildman–Crippen MR) is 205 cm³/mol. The van der Waals surface area contributed by atoms with Gasteiger partial charge in [0.1, 0.15) is 5.60 Å². The minimum atomic E-state index is -0.803. The number of amides is 2. The number of allylic oxidation sites excluding steroid dienone is 1. The van der Waals surface area contributed by atoms with Gasteiger partial charge in [-0.1, -0.05) is 132 Å². The van der Waals surface area contributed by atoms with E-state index in [0.29, 0.717) is 12.8 Å². The lowest BCUT2D eigenvalue weighted by atomic mass is 9.83. The predicted octanol–water partition coefficient (Wildman–Crippen LogP) is 11.0. The molecule has 2 aliphatic rings. The lowest BCUT2D eigenvalue weighted by Crippen LogP contribution is -2.49. The summed E-state index contributed by atoms with van der Waals surface area (Å²) in [5.74, 6) is -2.26. The number of nitrogens with zero attached hydrogens (tertiary/aromatic N) is 1. The third-order valence-electron chi connectivity index (χ3n) is 10.1. The van der Waals surface area contributed by atoms with Gasteiger partial charge in [-0.05, 0) is 81.3 Å². The van der Waals surface area contributed by atoms with Gasteiger partial charge in [0.25, 0.3) is 5.24 Å². The lowest BCUT2D eigenvalue weighted by molar-refractivity contribution is -0.164. The van der Waals surface area contributed by atoms with Crippen molar-refractivity contribution < 1.29 is 23.9 Å². The molecule has 1 fully saturated rings. The smallest absolute Gasteiger partial charge is 0.310 e. The van der Waals surface area contributed by atoms with Gasteiger partial charge in [0, 0.05) is 19.1 Å². The van der Waals surface area contributed by atoms with Gasteiger partial charge in [0.15, 0.2) is 0 Å². The SMILES string of the molecule is CCCCCCCOCCCCCC/C=C/[C@H](C(=O)N1C(=O)SC2(c3ccccc3)c3ccccc3C(C)[C@H]12)[C@@H](CCC)C(=O)OC(C)(C)C. The minimum absolute atomic E-state index is 0.0740. The molecule has 4 rings (SSSR count). The maximum absolute atomic E-state index is 14.9. The Bertz CT molecular complexity index is 1420. The number of esters is 1. The molecule has 0 N–H and O–H groups in total. The van der Waals surface area contributed by atoms with Gasteiger partial charge in [0.2, 0.25) is 5.91 Å². The molecule has 1 heterocycles. The molecule has 1 aliphatic heterocycles. The third kappa shape index (κ3) is 9.70. The Morgan fingerprint density at radius 3 is 2.18 bits per heavy atom. The van der Waals surface area contributed by atoms with Crippen molar-refractivity contribution in [3.63, 3.8) is 0 Å². The molecule has 6 nitrogen and oxygen atoms in total. The van der Waals surface area contributed by atoms with Crippen molar-refractivity contribution in [2.24, 2.45) is 11.8 Å². The molecule has 1 saturated heterocycles. The number of fused-ring (bicyclic) bond motifs is 3. The monoisotopic (exact) mass is 703 g/mol. The van der Waals surface area contributed by atoms with Gasteiger partial charge in [-0.2, -0.15) is 0 Å². The van der Waals surface area contributed by atoms with E-state index in [2.05, 4.69) is 38.1 Å². The highest BCUT2D eigenvalue weighted by Gasteiger charge is 2.64. The number of imide groups is 1. The van der Waals surface area contributed by atoms with E-state index in [0.717, 1.165) is 68.4 Å². The highest BCUT2D eigenvalue weighted by Crippen LogP contribution is 2.63. The third-order valence-corrected chi connectivity index (χ3v) is 11.5. The van der Waals surface area contributed by atoms with Crippen LogP contribution in [0.5, 0.6) is 0 Å². The van der Waals surface area contributed by atoms with E-state index in [4.69, 9.17) is 9.47 Å². The summed E-state index contributed by atoms with van der Waals surface area (Å²) in [6, 6.07) is 18.0. The molecule has 2 aromatic carbocycles. The van der Waals surface area contributed by atoms with E-state index in [1.807, 2.05) is 70.2 Å². The Balaban J connectivity index is 1.51. The first-order valence-corrected chi connectivity index (χ1v) is 20.1. The van der Waals surface area contributed by atoms with Crippen LogP contribution in [0, 0.1) is 11.8 Å². The molecule has 2 aromatic rings. The molecule has 0 spiro atoms. The zero-order valence-electron chi connectivity index (χ0n) is 31.5. The second-order valence-electron chi connectivity index (χ2n) is 15.1. The van der Waals surface area contributed by atoms with Crippen molar-refractivity contribution in [3.8, 4) is 0 Å². The molecule has 50 heavy (non-hydrogen) atoms. The van der Waals surface area contributed by atoms with E-state index in [-0.39, 0.29) is 23.0 Å². The summed E-state index contributed by atoms with van der Waals surface area (Å²) < 4.78 is 11.0. The van der Waals surface area contributed by atoms with Crippen LogP contribution in [0.4, 0.5) is 4.79 Å². The Labute approximate surface area is 306 Å². The number of hydrogen-bond acceptors (Lipinski definition) is 6. The standard InChI is InChI=1S/C43H61NO5S/c1-7-9-10-14-22-30-48-31-23-15-12-11-13-19-28-35(36(24-8-2)40(46)49-42(4,5)6)39(45)44-38-32(3)34-27-20-21-29-37(34)43(38,50-41(44)47)33-25-17-16-18-26-33/h16-21,25-29,32,35-36,38H,7-15,22-24,30-31H2,1-6H3/b28-19+/t32?,35-,36+,38-,43?/m0/s1. The topological polar surface area (TPSA) is 72.9 Å². The summed E-state index contributed by atoms with van der Waals surface area (Å²) in [4.78, 5) is 44.4. The van der Waals surface area contributed by atoms with Crippen LogP contribution < -0.4 is 0 Å². The van der Waals surface area contributed by atoms with Gasteiger partial charge in [-0.25, -0.2) is 0 Å². The van der Waals surface area contributed by atoms with Crippen LogP contribution in [0.3, 0.4) is 0 Å². The molecule has 0 bridgehead atoms. The molecular formula is C43H61NO5S. The minimum Gasteiger partial charge on any atom is -0.460 e. The van der Waals surface area contributed by atoms with Gasteiger partial charge in [0.05, 0.1) is 22.6 Å². The van der Waals surface area contributed by atoms with E-state index in [1.165, 1.54) is 42.3 Å². The van der Waals surface area contributed by atoms with Crippen molar-refractivity contribution in [2.45, 2.75) is 141 Å². The summed E-state index contributed by atoms with van der Waals surface area (Å²) in [5, 5.41) is -0.258. The maximum atomic E-state index is 14.9. The first-order valence-electron chi connectivity index (χ1n) is 19.2. The average Bonchev–Trinajstić information content (AvgIpc) is 3.53. The van der Waals surface area contributed by atoms with Crippen molar-refractivity contribution in [1.29, 1.82) is 0 Å². The number of carbonyl (C=O) groups is 3. The largest absolute Gasteiger partial charge is 0.460 e. The summed E-state index contributed by atoms with van der Waals surface area (Å²) in [6.45, 7) is 13.6. The number of thioether (sulfide) groups is 1. The van der Waals surface area contributed by atoms with Crippen LogP contribution in [-0.4, -0.2) is 46.9 Å². The molecule has 0 aromatic heterocycles. The lowest BCUT2D eigenvalue weighted by Gasteiger charge is -2.35. The maximum Gasteiger partial charge on any atom is 0.310 e. The zero-order valence-corrected chi connectivity index (χ0v) is 32.3. The second-order valence-corrected chi connectivity index (χ2v) is 16.3. The quantitative estimate of drug-likeness (QED) is 0.0776. The number of ether oxygens (including phenoxy) is 2. The number of benzene rings is 2. The van der Waals surface area contributed by atoms with Crippen molar-refractivity contribution >= 4 is 28.9 Å². The zero-order chi connectivity index (χ0) is 36.1. The van der Waals surface area contributed by atoms with Gasteiger partial charge >= 0.3 is 5.97 Å². The number of carbonyl (C=O) groups excluding carboxylic acids is 3. The summed E-state index contributed by atoms with van der Waals surface area (Å²) in [7, 11) is 0. The van der Waals surface area contributed by atoms with Crippen LogP contribution >= 0.6 is 11.8 Å². The summed E-state index contributed by atoms with van der Waals surface area (Å²) >= 11 is 1.24. The molecule has 5 atom stereocenters. The molecule has 2 unspecified atom stereocenters. The van der Waals surface area contributed by atoms with Crippen LogP contribution in [-0.2, 0) is 23.8 Å². The fraction of sp³-hybridized carbons (Fsp3) is 0.605. The first kappa shape index (κ1) is 39.9. The molecule has 274 valence electrons. The second kappa shape index (κ2) is 19.1. The average molecular weight is 704 g/mol. The van der Waals surface area contributed by atoms with E-state index < -0.39 is 28.2 Å². The van der Waals surface area contributed by atoms with Crippen LogP contribution in [0.15, 0.2) is 66.7 Å². The number of unbranched alkanes of at least 4 members (excludes halogenated alkanes) is 8. The summed E-state index contributed by atoms with van der Waals surface area (Å²) in [6.07, 6.45) is 16.4. The highest BCUT2D eigenvalue weighted by molar-refractivity contribution is 8.15. The van der Waals surface area contributed by atoms with Crippen molar-refractivity contribution in [1.82, 2.24) is 4.90 Å². The Morgan fingerprint density at radius 2 is 1.52 bits per heavy atom. The summed E-state index contributed by atoms with van der Waals surface area (Å²) in [5.41, 5.74) is 2.56. The van der Waals surface area contributed by atoms with E-state index in [1.54, 1.807) is 0 Å². The van der Waals surface area contributed by atoms with Crippen molar-refractivity contribution in [3.05, 3.63) is 83.4 Å². The van der Waals surface area contributed by atoms with E-state index >= 15 is 0 Å². The van der Waals surface area contributed by atoms with Crippen LogP contribution in [0.2, 0.25) is 0 Å². The Kier molecular flexibility index (Phi) is 15.2.